The number of primary amides is 1. The average molecular weight is 270 g/mol. The smallest absolute Gasteiger partial charge is 0.262 e. The Kier molecular flexibility index (Phi) is 5.31. The molecule has 1 aliphatic heterocycles. The molecule has 0 aliphatic carbocycles. The quantitative estimate of drug-likeness (QED) is 0.771. The molecule has 1 aromatic rings. The van der Waals surface area contributed by atoms with E-state index < -0.39 is 5.91 Å². The fourth-order valence-electron chi connectivity index (χ4n) is 1.33. The maximum atomic E-state index is 10.6. The number of methoxy groups -OCH3 is 1. The van der Waals surface area contributed by atoms with Crippen LogP contribution < -0.4 is 15.8 Å². The van der Waals surface area contributed by atoms with Gasteiger partial charge in [0.25, 0.3) is 5.91 Å². The molecule has 1 saturated heterocycles. The van der Waals surface area contributed by atoms with Crippen molar-refractivity contribution in [1.29, 1.82) is 0 Å². The van der Waals surface area contributed by atoms with Crippen molar-refractivity contribution in [2.75, 3.05) is 7.11 Å². The Labute approximate surface area is 108 Å². The van der Waals surface area contributed by atoms with Crippen LogP contribution in [0.25, 0.3) is 0 Å². The topological polar surface area (TPSA) is 98.5 Å². The Balaban J connectivity index is 0.000000184. The molecule has 1 fully saturated rings. The van der Waals surface area contributed by atoms with Crippen molar-refractivity contribution in [3.63, 3.8) is 0 Å². The van der Waals surface area contributed by atoms with Crippen LogP contribution in [0.2, 0.25) is 0 Å². The summed E-state index contributed by atoms with van der Waals surface area (Å²) in [6.45, 7) is 0. The van der Waals surface area contributed by atoms with Crippen LogP contribution in [-0.4, -0.2) is 24.8 Å². The summed E-state index contributed by atoms with van der Waals surface area (Å²) in [6, 6.07) is 1.71. The lowest BCUT2D eigenvalue weighted by Gasteiger charge is -2.07. The first-order chi connectivity index (χ1) is 8.54. The number of rotatable bonds is 2. The number of carbonyl (C=O) groups excluding carboxylic acids is 3. The fraction of sp³-hybridized carbons (Fsp3) is 0.364. The van der Waals surface area contributed by atoms with E-state index in [9.17, 15) is 14.4 Å². The summed E-state index contributed by atoms with van der Waals surface area (Å²) in [7, 11) is 1.51. The number of piperidine rings is 1. The number of imide groups is 1. The highest BCUT2D eigenvalue weighted by Gasteiger charge is 2.13. The van der Waals surface area contributed by atoms with Gasteiger partial charge in [-0.15, -0.1) is 11.3 Å². The Morgan fingerprint density at radius 1 is 1.39 bits per heavy atom. The zero-order valence-corrected chi connectivity index (χ0v) is 10.7. The van der Waals surface area contributed by atoms with E-state index in [0.29, 0.717) is 29.9 Å². The predicted molar refractivity (Wildman–Crippen MR) is 66.4 cm³/mol. The number of thiophene rings is 1. The normalized spacial score (nSPS) is 14.3. The molecule has 0 aromatic carbocycles. The number of hydrogen-bond donors (Lipinski definition) is 2. The van der Waals surface area contributed by atoms with Crippen LogP contribution in [0.15, 0.2) is 11.4 Å². The van der Waals surface area contributed by atoms with Crippen LogP contribution in [0.1, 0.15) is 28.9 Å². The third-order valence-corrected chi connectivity index (χ3v) is 3.07. The molecular weight excluding hydrogens is 256 g/mol. The van der Waals surface area contributed by atoms with Crippen LogP contribution in [-0.2, 0) is 9.59 Å². The van der Waals surface area contributed by atoms with Crippen molar-refractivity contribution < 1.29 is 19.1 Å². The minimum Gasteiger partial charge on any atom is -0.495 e. The van der Waals surface area contributed by atoms with Crippen molar-refractivity contribution in [3.05, 3.63) is 16.3 Å². The zero-order chi connectivity index (χ0) is 13.5. The van der Waals surface area contributed by atoms with E-state index in [1.165, 1.54) is 18.4 Å². The molecule has 0 radical (unpaired) electrons. The van der Waals surface area contributed by atoms with E-state index in [1.54, 1.807) is 11.4 Å². The molecule has 0 bridgehead atoms. The van der Waals surface area contributed by atoms with Crippen LogP contribution in [0.5, 0.6) is 5.75 Å². The Bertz CT molecular complexity index is 442. The van der Waals surface area contributed by atoms with E-state index in [4.69, 9.17) is 10.5 Å². The van der Waals surface area contributed by atoms with Gasteiger partial charge in [-0.3, -0.25) is 19.7 Å². The van der Waals surface area contributed by atoms with Gasteiger partial charge in [0.15, 0.2) is 0 Å². The highest BCUT2D eigenvalue weighted by Crippen LogP contribution is 2.22. The van der Waals surface area contributed by atoms with Crippen LogP contribution in [0, 0.1) is 0 Å². The molecule has 0 saturated carbocycles. The van der Waals surface area contributed by atoms with Crippen LogP contribution in [0.3, 0.4) is 0 Å². The van der Waals surface area contributed by atoms with Crippen molar-refractivity contribution in [3.8, 4) is 5.75 Å². The largest absolute Gasteiger partial charge is 0.495 e. The summed E-state index contributed by atoms with van der Waals surface area (Å²) < 4.78 is 4.86. The number of nitrogens with one attached hydrogen (secondary N) is 1. The second-order valence-corrected chi connectivity index (χ2v) is 4.42. The lowest BCUT2D eigenvalue weighted by Crippen LogP contribution is -2.33. The molecule has 1 aromatic heterocycles. The second kappa shape index (κ2) is 6.75. The molecule has 3 N–H and O–H groups in total. The third kappa shape index (κ3) is 4.17. The number of nitrogens with two attached hydrogens (primary N) is 1. The summed E-state index contributed by atoms with van der Waals surface area (Å²) in [5, 5.41) is 3.96. The molecule has 18 heavy (non-hydrogen) atoms. The molecule has 98 valence electrons. The van der Waals surface area contributed by atoms with Gasteiger partial charge in [0.05, 0.1) is 7.11 Å². The van der Waals surface area contributed by atoms with Crippen molar-refractivity contribution in [2.24, 2.45) is 5.73 Å². The first-order valence-corrected chi connectivity index (χ1v) is 6.16. The van der Waals surface area contributed by atoms with Gasteiger partial charge in [-0.05, 0) is 17.9 Å². The van der Waals surface area contributed by atoms with Crippen molar-refractivity contribution in [2.45, 2.75) is 19.3 Å². The van der Waals surface area contributed by atoms with Gasteiger partial charge < -0.3 is 10.5 Å². The fourth-order valence-corrected chi connectivity index (χ4v) is 2.04. The molecule has 0 atom stereocenters. The summed E-state index contributed by atoms with van der Waals surface area (Å²) in [5.74, 6) is -0.160. The number of carbonyl (C=O) groups is 3. The van der Waals surface area contributed by atoms with E-state index in [-0.39, 0.29) is 11.8 Å². The molecule has 3 amide bonds. The summed E-state index contributed by atoms with van der Waals surface area (Å²) in [4.78, 5) is 31.8. The van der Waals surface area contributed by atoms with E-state index in [1.807, 2.05) is 0 Å². The van der Waals surface area contributed by atoms with Gasteiger partial charge in [-0.25, -0.2) is 0 Å². The van der Waals surface area contributed by atoms with Crippen LogP contribution >= 0.6 is 11.3 Å². The summed E-state index contributed by atoms with van der Waals surface area (Å²) in [6.07, 6.45) is 1.72. The van der Waals surface area contributed by atoms with Crippen LogP contribution in [0.4, 0.5) is 0 Å². The summed E-state index contributed by atoms with van der Waals surface area (Å²) >= 11 is 1.28. The van der Waals surface area contributed by atoms with E-state index >= 15 is 0 Å². The Hall–Kier alpha value is -1.89. The molecule has 6 nitrogen and oxygen atoms in total. The number of amides is 3. The third-order valence-electron chi connectivity index (χ3n) is 2.16. The van der Waals surface area contributed by atoms with E-state index in [0.717, 1.165) is 0 Å². The van der Waals surface area contributed by atoms with Gasteiger partial charge >= 0.3 is 0 Å². The predicted octanol–water partition coefficient (Wildman–Crippen LogP) is 0.669. The Morgan fingerprint density at radius 3 is 2.33 bits per heavy atom. The number of hydrogen-bond acceptors (Lipinski definition) is 5. The standard InChI is InChI=1S/C6H7NO2S.C5H7NO2/c1-9-4-2-3-10-5(4)6(7)8;7-4-2-1-3-5(8)6-4/h2-3H,1H3,(H2,7,8);1-3H2,(H,6,7,8). The molecule has 2 rings (SSSR count). The van der Waals surface area contributed by atoms with Crippen molar-refractivity contribution >= 4 is 29.1 Å². The van der Waals surface area contributed by atoms with Gasteiger partial charge in [0, 0.05) is 12.8 Å². The van der Waals surface area contributed by atoms with Gasteiger partial charge in [0.1, 0.15) is 10.6 Å². The lowest BCUT2D eigenvalue weighted by atomic mass is 10.1. The van der Waals surface area contributed by atoms with Gasteiger partial charge in [-0.1, -0.05) is 0 Å². The monoisotopic (exact) mass is 270 g/mol. The molecule has 7 heteroatoms. The van der Waals surface area contributed by atoms with Gasteiger partial charge in [-0.2, -0.15) is 0 Å². The first-order valence-electron chi connectivity index (χ1n) is 5.28. The molecular formula is C11H14N2O4S. The minimum atomic E-state index is -0.438. The molecule has 0 unspecified atom stereocenters. The minimum absolute atomic E-state index is 0.138. The molecule has 2 heterocycles. The Morgan fingerprint density at radius 2 is 2.00 bits per heavy atom. The zero-order valence-electron chi connectivity index (χ0n) is 9.89. The lowest BCUT2D eigenvalue weighted by molar-refractivity contribution is -0.132. The number of ether oxygens (including phenoxy) is 1. The highest BCUT2D eigenvalue weighted by molar-refractivity contribution is 7.12. The van der Waals surface area contributed by atoms with Gasteiger partial charge in [0.2, 0.25) is 11.8 Å². The molecule has 1 aliphatic rings. The summed E-state index contributed by atoms with van der Waals surface area (Å²) in [5.41, 5.74) is 5.03. The SMILES string of the molecule is COc1ccsc1C(N)=O.O=C1CCCC(=O)N1. The second-order valence-electron chi connectivity index (χ2n) is 3.51. The highest BCUT2D eigenvalue weighted by atomic mass is 32.1. The maximum absolute atomic E-state index is 10.6. The van der Waals surface area contributed by atoms with E-state index in [2.05, 4.69) is 5.32 Å². The maximum Gasteiger partial charge on any atom is 0.262 e. The first kappa shape index (κ1) is 14.2. The average Bonchev–Trinajstić information content (AvgIpc) is 2.77. The molecule has 0 spiro atoms. The van der Waals surface area contributed by atoms with Crippen molar-refractivity contribution in [1.82, 2.24) is 5.32 Å².